The predicted octanol–water partition coefficient (Wildman–Crippen LogP) is 3.50. The van der Waals surface area contributed by atoms with Gasteiger partial charge in [-0.25, -0.2) is 9.59 Å². The Morgan fingerprint density at radius 1 is 1.02 bits per heavy atom. The van der Waals surface area contributed by atoms with Gasteiger partial charge in [-0.3, -0.25) is 14.6 Å². The van der Waals surface area contributed by atoms with Gasteiger partial charge < -0.3 is 36.1 Å². The first-order chi connectivity index (χ1) is 19.7. The number of phenolic OH excluding ortho intramolecular Hbond substituents is 1. The Labute approximate surface area is 237 Å². The van der Waals surface area contributed by atoms with Crippen molar-refractivity contribution in [3.05, 3.63) is 66.2 Å². The zero-order valence-corrected chi connectivity index (χ0v) is 23.0. The minimum atomic E-state index is -0.844. The molecule has 0 spiro atoms. The van der Waals surface area contributed by atoms with Crippen molar-refractivity contribution in [2.45, 2.75) is 32.0 Å². The molecule has 1 heterocycles. The molecule has 3 aromatic rings. The van der Waals surface area contributed by atoms with E-state index in [-0.39, 0.29) is 51.8 Å². The van der Waals surface area contributed by atoms with Crippen molar-refractivity contribution in [2.75, 3.05) is 36.3 Å². The Bertz CT molecular complexity index is 1440. The molecular weight excluding hydrogens is 530 g/mol. The Hall–Kier alpha value is -4.97. The normalized spacial score (nSPS) is 15.0. The van der Waals surface area contributed by atoms with Crippen LogP contribution in [0.25, 0.3) is 0 Å². The number of esters is 1. The van der Waals surface area contributed by atoms with Crippen LogP contribution in [-0.2, 0) is 9.53 Å². The minimum absolute atomic E-state index is 0.153. The second-order valence-electron chi connectivity index (χ2n) is 9.36. The quantitative estimate of drug-likeness (QED) is 0.173. The number of amides is 3. The second-order valence-corrected chi connectivity index (χ2v) is 9.36. The lowest BCUT2D eigenvalue weighted by molar-refractivity contribution is -0.118. The summed E-state index contributed by atoms with van der Waals surface area (Å²) in [6, 6.07) is 14.5. The monoisotopic (exact) mass is 563 g/mol. The van der Waals surface area contributed by atoms with E-state index in [0.29, 0.717) is 5.69 Å². The Morgan fingerprint density at radius 2 is 1.78 bits per heavy atom. The first-order valence-electron chi connectivity index (χ1n) is 12.9. The van der Waals surface area contributed by atoms with Gasteiger partial charge >= 0.3 is 12.0 Å². The van der Waals surface area contributed by atoms with Crippen LogP contribution in [0.2, 0.25) is 0 Å². The van der Waals surface area contributed by atoms with E-state index in [1.54, 1.807) is 42.5 Å². The van der Waals surface area contributed by atoms with E-state index in [2.05, 4.69) is 5.32 Å². The SMILES string of the molecule is COC(=O)c1ccc(OC(C2CCCN2)N(C(C)=O)c2ccc(N(C(N)=O)c3ccccc3O)c(OC)c2)c(N)c1. The molecule has 0 aliphatic carbocycles. The summed E-state index contributed by atoms with van der Waals surface area (Å²) in [4.78, 5) is 40.2. The number of phenols is 1. The molecule has 3 amide bonds. The maximum absolute atomic E-state index is 13.2. The average Bonchev–Trinajstić information content (AvgIpc) is 3.49. The number of carbonyl (C=O) groups is 3. The topological polar surface area (TPSA) is 170 Å². The third-order valence-electron chi connectivity index (χ3n) is 6.74. The van der Waals surface area contributed by atoms with Gasteiger partial charge in [0.15, 0.2) is 6.23 Å². The van der Waals surface area contributed by atoms with Gasteiger partial charge in [0.1, 0.15) is 17.2 Å². The molecule has 0 aromatic heterocycles. The van der Waals surface area contributed by atoms with Crippen molar-refractivity contribution < 1.29 is 33.7 Å². The lowest BCUT2D eigenvalue weighted by Crippen LogP contribution is -2.53. The van der Waals surface area contributed by atoms with Crippen molar-refractivity contribution in [3.8, 4) is 17.2 Å². The molecule has 0 saturated carbocycles. The molecular formula is C29H33N5O7. The number of nitrogens with two attached hydrogens (primary N) is 2. The number of nitrogen functional groups attached to an aromatic ring is 1. The molecule has 2 atom stereocenters. The number of carbonyl (C=O) groups excluding carboxylic acids is 3. The van der Waals surface area contributed by atoms with Crippen molar-refractivity contribution in [3.63, 3.8) is 0 Å². The molecule has 216 valence electrons. The molecule has 1 aliphatic rings. The summed E-state index contributed by atoms with van der Waals surface area (Å²) in [6.07, 6.45) is 0.776. The number of para-hydroxylation sites is 2. The van der Waals surface area contributed by atoms with E-state index >= 15 is 0 Å². The summed E-state index contributed by atoms with van der Waals surface area (Å²) in [7, 11) is 2.70. The minimum Gasteiger partial charge on any atom is -0.506 e. The third-order valence-corrected chi connectivity index (χ3v) is 6.74. The van der Waals surface area contributed by atoms with Crippen LogP contribution in [0.5, 0.6) is 17.2 Å². The van der Waals surface area contributed by atoms with E-state index in [0.717, 1.165) is 24.3 Å². The third kappa shape index (κ3) is 6.12. The highest BCUT2D eigenvalue weighted by molar-refractivity contribution is 6.02. The van der Waals surface area contributed by atoms with Gasteiger partial charge in [-0.2, -0.15) is 0 Å². The summed E-state index contributed by atoms with van der Waals surface area (Å²) in [5.74, 6) is -0.514. The molecule has 12 nitrogen and oxygen atoms in total. The van der Waals surface area contributed by atoms with Crippen molar-refractivity contribution in [1.29, 1.82) is 0 Å². The van der Waals surface area contributed by atoms with Crippen LogP contribution < -0.4 is 36.1 Å². The predicted molar refractivity (Wildman–Crippen MR) is 154 cm³/mol. The highest BCUT2D eigenvalue weighted by Crippen LogP contribution is 2.40. The zero-order valence-electron chi connectivity index (χ0n) is 23.0. The fourth-order valence-electron chi connectivity index (χ4n) is 4.83. The van der Waals surface area contributed by atoms with Crippen LogP contribution in [0.15, 0.2) is 60.7 Å². The summed E-state index contributed by atoms with van der Waals surface area (Å²) in [6.45, 7) is 2.15. The summed E-state index contributed by atoms with van der Waals surface area (Å²) < 4.78 is 16.7. The zero-order chi connectivity index (χ0) is 29.7. The number of primary amides is 1. The van der Waals surface area contributed by atoms with Gasteiger partial charge in [0, 0.05) is 13.0 Å². The fourth-order valence-corrected chi connectivity index (χ4v) is 4.83. The molecule has 12 heteroatoms. The van der Waals surface area contributed by atoms with Crippen LogP contribution in [-0.4, -0.2) is 56.0 Å². The van der Waals surface area contributed by atoms with Crippen LogP contribution in [0.4, 0.5) is 27.5 Å². The Morgan fingerprint density at radius 3 is 2.37 bits per heavy atom. The smallest absolute Gasteiger partial charge is 0.337 e. The molecule has 0 radical (unpaired) electrons. The van der Waals surface area contributed by atoms with Crippen LogP contribution >= 0.6 is 0 Å². The van der Waals surface area contributed by atoms with Gasteiger partial charge in [-0.15, -0.1) is 0 Å². The first-order valence-corrected chi connectivity index (χ1v) is 12.9. The van der Waals surface area contributed by atoms with Gasteiger partial charge in [-0.05, 0) is 61.9 Å². The fraction of sp³-hybridized carbons (Fsp3) is 0.276. The van der Waals surface area contributed by atoms with E-state index in [9.17, 15) is 19.5 Å². The van der Waals surface area contributed by atoms with Gasteiger partial charge in [0.2, 0.25) is 5.91 Å². The number of nitrogens with zero attached hydrogens (tertiary/aromatic N) is 2. The second kappa shape index (κ2) is 12.5. The number of rotatable bonds is 9. The van der Waals surface area contributed by atoms with E-state index in [4.69, 9.17) is 25.7 Å². The van der Waals surface area contributed by atoms with Crippen molar-refractivity contribution >= 4 is 40.7 Å². The van der Waals surface area contributed by atoms with Crippen molar-refractivity contribution in [2.24, 2.45) is 5.73 Å². The maximum atomic E-state index is 13.2. The maximum Gasteiger partial charge on any atom is 0.337 e. The molecule has 1 fully saturated rings. The number of methoxy groups -OCH3 is 2. The van der Waals surface area contributed by atoms with Crippen LogP contribution in [0, 0.1) is 0 Å². The number of hydrogen-bond donors (Lipinski definition) is 4. The highest BCUT2D eigenvalue weighted by Gasteiger charge is 2.35. The molecule has 1 aliphatic heterocycles. The molecule has 2 unspecified atom stereocenters. The first kappa shape index (κ1) is 29.0. The van der Waals surface area contributed by atoms with Crippen LogP contribution in [0.3, 0.4) is 0 Å². The molecule has 3 aromatic carbocycles. The van der Waals surface area contributed by atoms with Gasteiger partial charge in [-0.1, -0.05) is 12.1 Å². The largest absolute Gasteiger partial charge is 0.506 e. The van der Waals surface area contributed by atoms with Crippen molar-refractivity contribution in [1.82, 2.24) is 5.32 Å². The number of ether oxygens (including phenoxy) is 3. The van der Waals surface area contributed by atoms with Gasteiger partial charge in [0.25, 0.3) is 0 Å². The number of benzene rings is 3. The van der Waals surface area contributed by atoms with Gasteiger partial charge in [0.05, 0.1) is 48.6 Å². The van der Waals surface area contributed by atoms with E-state index in [1.165, 1.54) is 44.2 Å². The summed E-state index contributed by atoms with van der Waals surface area (Å²) in [5, 5.41) is 13.8. The number of anilines is 4. The summed E-state index contributed by atoms with van der Waals surface area (Å²) >= 11 is 0. The summed E-state index contributed by atoms with van der Waals surface area (Å²) in [5.41, 5.74) is 13.2. The van der Waals surface area contributed by atoms with E-state index in [1.807, 2.05) is 0 Å². The molecule has 1 saturated heterocycles. The molecule has 4 rings (SSSR count). The average molecular weight is 564 g/mol. The van der Waals surface area contributed by atoms with Crippen LogP contribution in [0.1, 0.15) is 30.1 Å². The molecule has 41 heavy (non-hydrogen) atoms. The Balaban J connectivity index is 1.76. The molecule has 6 N–H and O–H groups in total. The Kier molecular flexibility index (Phi) is 8.83. The lowest BCUT2D eigenvalue weighted by Gasteiger charge is -2.36. The number of urea groups is 1. The highest BCUT2D eigenvalue weighted by atomic mass is 16.5. The molecule has 0 bridgehead atoms. The van der Waals surface area contributed by atoms with E-state index < -0.39 is 18.2 Å². The number of nitrogens with one attached hydrogen (secondary N) is 1. The standard InChI is InChI=1S/C29H33N5O7/c1-17(35)33(27(21-7-6-14-32-21)41-25-13-10-18(15-20(25)30)28(37)40-3)19-11-12-23(26(16-19)39-2)34(29(31)38)22-8-4-5-9-24(22)36/h4-5,8-13,15-16,21,27,32,36H,6-7,14,30H2,1-3H3,(H2,31,38). The lowest BCUT2D eigenvalue weighted by atomic mass is 10.1. The number of aromatic hydroxyl groups is 1. The number of hydrogen-bond acceptors (Lipinski definition) is 9.